The van der Waals surface area contributed by atoms with Crippen LogP contribution in [0.5, 0.6) is 0 Å². The molecular formula is C6H6ClN3. The van der Waals surface area contributed by atoms with Crippen molar-refractivity contribution in [3.63, 3.8) is 0 Å². The van der Waals surface area contributed by atoms with Gasteiger partial charge in [0, 0.05) is 6.20 Å². The third kappa shape index (κ3) is 2.42. The Hall–Kier alpha value is -1.14. The van der Waals surface area contributed by atoms with E-state index in [2.05, 4.69) is 10.2 Å². The number of hydrogen-bond donors (Lipinski definition) is 0. The van der Waals surface area contributed by atoms with E-state index >= 15 is 0 Å². The van der Waals surface area contributed by atoms with Crippen molar-refractivity contribution in [3.8, 4) is 6.07 Å². The highest BCUT2D eigenvalue weighted by molar-refractivity contribution is 5.85. The second-order valence-corrected chi connectivity index (χ2v) is 1.55. The van der Waals surface area contributed by atoms with Crippen molar-refractivity contribution in [2.45, 2.75) is 6.42 Å². The molecule has 1 aromatic rings. The minimum absolute atomic E-state index is 0. The molecule has 0 unspecified atom stereocenters. The molecule has 1 aromatic heterocycles. The Bertz CT molecular complexity index is 216. The molecule has 0 aliphatic heterocycles. The van der Waals surface area contributed by atoms with Crippen LogP contribution in [0.2, 0.25) is 0 Å². The van der Waals surface area contributed by atoms with Gasteiger partial charge in [-0.25, -0.2) is 0 Å². The molecule has 10 heavy (non-hydrogen) atoms. The molecule has 0 bridgehead atoms. The average Bonchev–Trinajstić information content (AvgIpc) is 1.91. The minimum atomic E-state index is 0. The zero-order valence-corrected chi connectivity index (χ0v) is 6.01. The molecule has 1 rings (SSSR count). The zero-order chi connectivity index (χ0) is 6.53. The van der Waals surface area contributed by atoms with E-state index < -0.39 is 0 Å². The van der Waals surface area contributed by atoms with Crippen LogP contribution in [0.1, 0.15) is 5.69 Å². The van der Waals surface area contributed by atoms with Gasteiger partial charge in [0.15, 0.2) is 0 Å². The number of rotatable bonds is 1. The quantitative estimate of drug-likeness (QED) is 0.607. The fraction of sp³-hybridized carbons (Fsp3) is 0.167. The van der Waals surface area contributed by atoms with Crippen molar-refractivity contribution in [2.75, 3.05) is 0 Å². The lowest BCUT2D eigenvalue weighted by Crippen LogP contribution is -1.87. The molecule has 1 heterocycles. The number of nitrogens with zero attached hydrogens (tertiary/aromatic N) is 3. The van der Waals surface area contributed by atoms with Crippen LogP contribution < -0.4 is 0 Å². The van der Waals surface area contributed by atoms with Crippen molar-refractivity contribution in [1.82, 2.24) is 10.2 Å². The minimum Gasteiger partial charge on any atom is -0.198 e. The Morgan fingerprint density at radius 3 is 2.90 bits per heavy atom. The molecule has 0 spiro atoms. The summed E-state index contributed by atoms with van der Waals surface area (Å²) in [5.74, 6) is 0. The average molecular weight is 156 g/mol. The number of aromatic nitrogens is 2. The van der Waals surface area contributed by atoms with Crippen LogP contribution in [-0.4, -0.2) is 10.2 Å². The van der Waals surface area contributed by atoms with E-state index in [-0.39, 0.29) is 12.4 Å². The van der Waals surface area contributed by atoms with Crippen LogP contribution in [-0.2, 0) is 6.42 Å². The Labute approximate surface area is 65.1 Å². The fourth-order valence-corrected chi connectivity index (χ4v) is 0.509. The van der Waals surface area contributed by atoms with Crippen molar-refractivity contribution in [2.24, 2.45) is 0 Å². The molecule has 0 radical (unpaired) electrons. The van der Waals surface area contributed by atoms with Gasteiger partial charge in [-0.15, -0.1) is 12.4 Å². The maximum atomic E-state index is 8.20. The van der Waals surface area contributed by atoms with Crippen LogP contribution >= 0.6 is 12.4 Å². The first-order chi connectivity index (χ1) is 4.43. The van der Waals surface area contributed by atoms with E-state index in [1.54, 1.807) is 18.3 Å². The second kappa shape index (κ2) is 4.71. The second-order valence-electron chi connectivity index (χ2n) is 1.55. The molecule has 0 saturated heterocycles. The van der Waals surface area contributed by atoms with Gasteiger partial charge >= 0.3 is 0 Å². The molecule has 0 amide bonds. The van der Waals surface area contributed by atoms with Crippen molar-refractivity contribution in [1.29, 1.82) is 5.26 Å². The Morgan fingerprint density at radius 2 is 2.40 bits per heavy atom. The maximum absolute atomic E-state index is 8.20. The highest BCUT2D eigenvalue weighted by Crippen LogP contribution is 1.89. The molecular weight excluding hydrogens is 150 g/mol. The standard InChI is InChI=1S/C6H5N3.ClH/c7-4-3-6-2-1-5-8-9-6;/h1-2,5H,3H2;1H. The summed E-state index contributed by atoms with van der Waals surface area (Å²) in [5.41, 5.74) is 0.722. The van der Waals surface area contributed by atoms with E-state index in [1.807, 2.05) is 6.07 Å². The maximum Gasteiger partial charge on any atom is 0.0793 e. The first-order valence-electron chi connectivity index (χ1n) is 2.57. The fourth-order valence-electron chi connectivity index (χ4n) is 0.509. The third-order valence-electron chi connectivity index (χ3n) is 0.888. The molecule has 0 aliphatic carbocycles. The zero-order valence-electron chi connectivity index (χ0n) is 5.19. The summed E-state index contributed by atoms with van der Waals surface area (Å²) in [6, 6.07) is 5.52. The lowest BCUT2D eigenvalue weighted by Gasteiger charge is -1.85. The summed E-state index contributed by atoms with van der Waals surface area (Å²) < 4.78 is 0. The summed E-state index contributed by atoms with van der Waals surface area (Å²) in [4.78, 5) is 0. The van der Waals surface area contributed by atoms with Crippen LogP contribution in [0, 0.1) is 11.3 Å². The van der Waals surface area contributed by atoms with Gasteiger partial charge in [0.25, 0.3) is 0 Å². The largest absolute Gasteiger partial charge is 0.198 e. The number of halogens is 1. The van der Waals surface area contributed by atoms with Crippen LogP contribution in [0.4, 0.5) is 0 Å². The third-order valence-corrected chi connectivity index (χ3v) is 0.888. The van der Waals surface area contributed by atoms with Crippen molar-refractivity contribution < 1.29 is 0 Å². The SMILES string of the molecule is Cl.N#CCc1cccnn1. The van der Waals surface area contributed by atoms with Crippen LogP contribution in [0.3, 0.4) is 0 Å². The van der Waals surface area contributed by atoms with Gasteiger partial charge in [0.05, 0.1) is 18.2 Å². The monoisotopic (exact) mass is 155 g/mol. The van der Waals surface area contributed by atoms with Crippen molar-refractivity contribution >= 4 is 12.4 Å². The molecule has 4 heteroatoms. The number of hydrogen-bond acceptors (Lipinski definition) is 3. The van der Waals surface area contributed by atoms with E-state index in [1.165, 1.54) is 0 Å². The summed E-state index contributed by atoms with van der Waals surface area (Å²) in [6.07, 6.45) is 1.93. The smallest absolute Gasteiger partial charge is 0.0793 e. The molecule has 3 nitrogen and oxygen atoms in total. The van der Waals surface area contributed by atoms with Gasteiger partial charge in [-0.3, -0.25) is 0 Å². The molecule has 0 N–H and O–H groups in total. The van der Waals surface area contributed by atoms with E-state index in [9.17, 15) is 0 Å². The van der Waals surface area contributed by atoms with Gasteiger partial charge in [-0.05, 0) is 12.1 Å². The Morgan fingerprint density at radius 1 is 1.60 bits per heavy atom. The van der Waals surface area contributed by atoms with Crippen molar-refractivity contribution in [3.05, 3.63) is 24.0 Å². The molecule has 52 valence electrons. The van der Waals surface area contributed by atoms with Gasteiger partial charge in [0.2, 0.25) is 0 Å². The summed E-state index contributed by atoms with van der Waals surface area (Å²) in [5, 5.41) is 15.5. The Balaban J connectivity index is 0.000000810. The summed E-state index contributed by atoms with van der Waals surface area (Å²) in [6.45, 7) is 0. The molecule has 0 aromatic carbocycles. The van der Waals surface area contributed by atoms with E-state index in [0.29, 0.717) is 6.42 Å². The highest BCUT2D eigenvalue weighted by atomic mass is 35.5. The normalized spacial score (nSPS) is 7.50. The predicted octanol–water partition coefficient (Wildman–Crippen LogP) is 0.964. The van der Waals surface area contributed by atoms with Gasteiger partial charge in [-0.1, -0.05) is 0 Å². The molecule has 0 saturated carbocycles. The molecule has 0 aliphatic rings. The first-order valence-corrected chi connectivity index (χ1v) is 2.57. The first kappa shape index (κ1) is 8.86. The topological polar surface area (TPSA) is 49.6 Å². The lowest BCUT2D eigenvalue weighted by molar-refractivity contribution is 0.952. The molecule has 0 fully saturated rings. The Kier molecular flexibility index (Phi) is 4.17. The highest BCUT2D eigenvalue weighted by Gasteiger charge is 1.87. The van der Waals surface area contributed by atoms with E-state index in [0.717, 1.165) is 5.69 Å². The summed E-state index contributed by atoms with van der Waals surface area (Å²) >= 11 is 0. The summed E-state index contributed by atoms with van der Waals surface area (Å²) in [7, 11) is 0. The van der Waals surface area contributed by atoms with Gasteiger partial charge in [0.1, 0.15) is 0 Å². The van der Waals surface area contributed by atoms with Crippen LogP contribution in [0.25, 0.3) is 0 Å². The molecule has 0 atom stereocenters. The van der Waals surface area contributed by atoms with Crippen LogP contribution in [0.15, 0.2) is 18.3 Å². The van der Waals surface area contributed by atoms with E-state index in [4.69, 9.17) is 5.26 Å². The van der Waals surface area contributed by atoms with Gasteiger partial charge in [-0.2, -0.15) is 15.5 Å². The number of nitriles is 1. The lowest BCUT2D eigenvalue weighted by atomic mass is 10.3. The predicted molar refractivity (Wildman–Crippen MR) is 38.6 cm³/mol. The van der Waals surface area contributed by atoms with Gasteiger partial charge < -0.3 is 0 Å².